The number of aliphatic hydroxyl groups excluding tert-OH is 3. The van der Waals surface area contributed by atoms with Crippen molar-refractivity contribution in [2.75, 3.05) is 0 Å². The maximum Gasteiger partial charge on any atom is 0.146 e. The highest BCUT2D eigenvalue weighted by molar-refractivity contribution is 7.09. The maximum absolute atomic E-state index is 12.9. The van der Waals surface area contributed by atoms with Crippen LogP contribution >= 0.6 is 11.3 Å². The molecule has 1 fully saturated rings. The third-order valence-corrected chi connectivity index (χ3v) is 8.55. The second-order valence-electron chi connectivity index (χ2n) is 11.2. The van der Waals surface area contributed by atoms with Crippen molar-refractivity contribution >= 4 is 29.5 Å². The van der Waals surface area contributed by atoms with E-state index in [0.717, 1.165) is 29.1 Å². The minimum atomic E-state index is -1.12. The van der Waals surface area contributed by atoms with Crippen LogP contribution < -0.4 is 5.73 Å². The second kappa shape index (κ2) is 12.4. The minimum Gasteiger partial charge on any atom is -0.392 e. The molecule has 0 amide bonds. The molecule has 0 aliphatic carbocycles. The lowest BCUT2D eigenvalue weighted by molar-refractivity contribution is -0.142. The summed E-state index contributed by atoms with van der Waals surface area (Å²) in [7, 11) is 0. The van der Waals surface area contributed by atoms with Gasteiger partial charge in [0.05, 0.1) is 46.1 Å². The van der Waals surface area contributed by atoms with Crippen molar-refractivity contribution in [1.29, 1.82) is 0 Å². The molecule has 0 radical (unpaired) electrons. The highest BCUT2D eigenvalue weighted by Crippen LogP contribution is 2.44. The molecule has 0 spiro atoms. The summed E-state index contributed by atoms with van der Waals surface area (Å²) in [6.45, 7) is 12.5. The molecular formula is C27H44N2O6S. The lowest BCUT2D eigenvalue weighted by Gasteiger charge is -2.34. The van der Waals surface area contributed by atoms with E-state index < -0.39 is 41.3 Å². The van der Waals surface area contributed by atoms with Gasteiger partial charge in [0.25, 0.3) is 0 Å². The number of carbonyl (C=O) groups excluding carboxylic acids is 2. The van der Waals surface area contributed by atoms with Gasteiger partial charge in [-0.2, -0.15) is 0 Å². The summed E-state index contributed by atoms with van der Waals surface area (Å²) >= 11 is 1.55. The molecule has 1 aliphatic rings. The van der Waals surface area contributed by atoms with Crippen LogP contribution in [0, 0.1) is 24.2 Å². The normalized spacial score (nSPS) is 25.5. The molecule has 1 aromatic rings. The summed E-state index contributed by atoms with van der Waals surface area (Å²) in [4.78, 5) is 28.1. The van der Waals surface area contributed by atoms with E-state index in [1.54, 1.807) is 32.1 Å². The summed E-state index contributed by atoms with van der Waals surface area (Å²) in [5.74, 6) is -1.07. The molecule has 0 aromatic carbocycles. The molecule has 36 heavy (non-hydrogen) atoms. The SMILES string of the molecule is C/C(=C\c1csc(C)n1)C(O)C(N)C1OC1(C)CCCC(C)C(O)C(C)C(=O)C(C)(C)C(O)CC=O. The average molecular weight is 525 g/mol. The van der Waals surface area contributed by atoms with Crippen LogP contribution in [0.25, 0.3) is 6.08 Å². The molecule has 8 nitrogen and oxygen atoms in total. The number of ether oxygens (including phenoxy) is 1. The highest BCUT2D eigenvalue weighted by Gasteiger charge is 2.56. The van der Waals surface area contributed by atoms with Gasteiger partial charge in [-0.3, -0.25) is 4.79 Å². The molecular weight excluding hydrogens is 480 g/mol. The van der Waals surface area contributed by atoms with Gasteiger partial charge in [0.2, 0.25) is 0 Å². The number of Topliss-reactive ketones (excluding diaryl/α,β-unsaturated/α-hetero) is 1. The largest absolute Gasteiger partial charge is 0.392 e. The standard InChI is InChI=1S/C27H44N2O6S/c1-15(22(32)17(3)24(34)26(5,6)20(31)10-12-30)9-8-11-27(7)25(35-27)21(28)23(33)16(2)13-19-14-36-18(4)29-19/h12-15,17,20-23,25,31-33H,8-11,28H2,1-7H3/b16-13+. The Morgan fingerprint density at radius 1 is 1.33 bits per heavy atom. The van der Waals surface area contributed by atoms with Gasteiger partial charge in [-0.05, 0) is 51.2 Å². The van der Waals surface area contributed by atoms with Crippen molar-refractivity contribution in [1.82, 2.24) is 4.98 Å². The van der Waals surface area contributed by atoms with E-state index in [-0.39, 0.29) is 24.2 Å². The van der Waals surface area contributed by atoms with Crippen LogP contribution in [-0.2, 0) is 14.3 Å². The zero-order valence-electron chi connectivity index (χ0n) is 22.6. The zero-order chi connectivity index (χ0) is 27.4. The van der Waals surface area contributed by atoms with E-state index >= 15 is 0 Å². The number of aliphatic hydroxyl groups is 3. The van der Waals surface area contributed by atoms with Gasteiger partial charge >= 0.3 is 0 Å². The van der Waals surface area contributed by atoms with Crippen molar-refractivity contribution in [2.24, 2.45) is 23.0 Å². The molecule has 1 saturated heterocycles. The van der Waals surface area contributed by atoms with Crippen LogP contribution in [0.4, 0.5) is 0 Å². The van der Waals surface area contributed by atoms with Gasteiger partial charge in [0.15, 0.2) is 0 Å². The number of aryl methyl sites for hydroxylation is 1. The number of thiazole rings is 1. The Bertz CT molecular complexity index is 931. The first-order chi connectivity index (χ1) is 16.7. The van der Waals surface area contributed by atoms with E-state index in [2.05, 4.69) is 4.98 Å². The quantitative estimate of drug-likeness (QED) is 0.202. The first-order valence-electron chi connectivity index (χ1n) is 12.7. The van der Waals surface area contributed by atoms with Crippen LogP contribution in [0.2, 0.25) is 0 Å². The van der Waals surface area contributed by atoms with Crippen LogP contribution in [0.15, 0.2) is 11.0 Å². The predicted molar refractivity (Wildman–Crippen MR) is 141 cm³/mol. The fourth-order valence-corrected chi connectivity index (χ4v) is 5.48. The Morgan fingerprint density at radius 3 is 2.53 bits per heavy atom. The fraction of sp³-hybridized carbons (Fsp3) is 0.741. The number of hydrogen-bond donors (Lipinski definition) is 4. The van der Waals surface area contributed by atoms with Gasteiger partial charge in [0.1, 0.15) is 18.2 Å². The number of carbonyl (C=O) groups is 2. The summed E-state index contributed by atoms with van der Waals surface area (Å²) in [6, 6.07) is -0.563. The van der Waals surface area contributed by atoms with Crippen molar-refractivity contribution in [3.8, 4) is 0 Å². The fourth-order valence-electron chi connectivity index (χ4n) is 4.91. The molecule has 5 N–H and O–H groups in total. The monoisotopic (exact) mass is 524 g/mol. The average Bonchev–Trinajstić information content (AvgIpc) is 3.33. The Morgan fingerprint density at radius 2 is 1.97 bits per heavy atom. The number of nitrogens with zero attached hydrogens (tertiary/aromatic N) is 1. The molecule has 204 valence electrons. The molecule has 2 heterocycles. The lowest BCUT2D eigenvalue weighted by Crippen LogP contribution is -2.45. The Labute approximate surface area is 219 Å². The number of aldehydes is 1. The van der Waals surface area contributed by atoms with Gasteiger partial charge in [-0.1, -0.05) is 34.1 Å². The summed E-state index contributed by atoms with van der Waals surface area (Å²) < 4.78 is 5.92. The van der Waals surface area contributed by atoms with E-state index in [0.29, 0.717) is 12.7 Å². The zero-order valence-corrected chi connectivity index (χ0v) is 23.4. The van der Waals surface area contributed by atoms with Gasteiger partial charge < -0.3 is 30.6 Å². The van der Waals surface area contributed by atoms with E-state index in [1.165, 1.54) is 0 Å². The first-order valence-corrected chi connectivity index (χ1v) is 13.6. The summed E-state index contributed by atoms with van der Waals surface area (Å²) in [6.07, 6.45) is 1.43. The topological polar surface area (TPSA) is 146 Å². The van der Waals surface area contributed by atoms with E-state index in [1.807, 2.05) is 39.2 Å². The smallest absolute Gasteiger partial charge is 0.146 e. The molecule has 1 aliphatic heterocycles. The van der Waals surface area contributed by atoms with Crippen molar-refractivity contribution in [2.45, 2.75) is 110 Å². The molecule has 0 saturated carbocycles. The molecule has 1 aromatic heterocycles. The Hall–Kier alpha value is -1.49. The number of ketones is 1. The lowest BCUT2D eigenvalue weighted by atomic mass is 9.73. The third-order valence-electron chi connectivity index (χ3n) is 7.76. The van der Waals surface area contributed by atoms with Crippen LogP contribution in [0.3, 0.4) is 0 Å². The second-order valence-corrected chi connectivity index (χ2v) is 12.3. The molecule has 0 bridgehead atoms. The predicted octanol–water partition coefficient (Wildman–Crippen LogP) is 3.05. The molecule has 8 unspecified atom stereocenters. The van der Waals surface area contributed by atoms with Gasteiger partial charge in [0, 0.05) is 17.7 Å². The van der Waals surface area contributed by atoms with Crippen molar-refractivity contribution < 1.29 is 29.6 Å². The van der Waals surface area contributed by atoms with Gasteiger partial charge in [-0.25, -0.2) is 4.98 Å². The Kier molecular flexibility index (Phi) is 10.6. The molecule has 8 atom stereocenters. The number of aromatic nitrogens is 1. The number of nitrogens with two attached hydrogens (primary N) is 1. The first kappa shape index (κ1) is 30.7. The van der Waals surface area contributed by atoms with Crippen molar-refractivity contribution in [3.05, 3.63) is 21.7 Å². The summed E-state index contributed by atoms with van der Waals surface area (Å²) in [5, 5.41) is 34.6. The van der Waals surface area contributed by atoms with E-state index in [9.17, 15) is 24.9 Å². The third kappa shape index (κ3) is 7.30. The van der Waals surface area contributed by atoms with Gasteiger partial charge in [-0.15, -0.1) is 11.3 Å². The molecule has 9 heteroatoms. The van der Waals surface area contributed by atoms with Crippen LogP contribution in [0.1, 0.15) is 77.9 Å². The molecule has 2 rings (SSSR count). The maximum atomic E-state index is 12.9. The van der Waals surface area contributed by atoms with Crippen LogP contribution in [-0.4, -0.2) is 68.4 Å². The van der Waals surface area contributed by atoms with Crippen LogP contribution in [0.5, 0.6) is 0 Å². The Balaban J connectivity index is 1.85. The highest BCUT2D eigenvalue weighted by atomic mass is 32.1. The number of hydrogen-bond acceptors (Lipinski definition) is 9. The van der Waals surface area contributed by atoms with E-state index in [4.69, 9.17) is 10.5 Å². The minimum absolute atomic E-state index is 0.118. The number of epoxide rings is 1. The summed E-state index contributed by atoms with van der Waals surface area (Å²) in [5.41, 5.74) is 6.33. The van der Waals surface area contributed by atoms with Crippen molar-refractivity contribution in [3.63, 3.8) is 0 Å². The number of rotatable bonds is 15.